The summed E-state index contributed by atoms with van der Waals surface area (Å²) in [6.07, 6.45) is -4.25. The van der Waals surface area contributed by atoms with Gasteiger partial charge >= 0.3 is 11.9 Å². The summed E-state index contributed by atoms with van der Waals surface area (Å²) in [6, 6.07) is 2.91. The molecule has 1 aromatic carbocycles. The first kappa shape index (κ1) is 12.9. The SMILES string of the molecule is O=Cc1ccc([N+](=O)[O-])c(OCC(F)(F)F)c1. The van der Waals surface area contributed by atoms with Crippen molar-refractivity contribution in [2.45, 2.75) is 6.18 Å². The summed E-state index contributed by atoms with van der Waals surface area (Å²) in [7, 11) is 0. The quantitative estimate of drug-likeness (QED) is 0.466. The maximum Gasteiger partial charge on any atom is 0.422 e. The minimum absolute atomic E-state index is 0.00669. The molecule has 0 amide bonds. The molecule has 0 aliphatic rings. The van der Waals surface area contributed by atoms with E-state index in [1.807, 2.05) is 0 Å². The molecule has 17 heavy (non-hydrogen) atoms. The van der Waals surface area contributed by atoms with E-state index >= 15 is 0 Å². The third-order valence-electron chi connectivity index (χ3n) is 1.71. The molecule has 8 heteroatoms. The molecular weight excluding hydrogens is 243 g/mol. The Morgan fingerprint density at radius 1 is 1.41 bits per heavy atom. The van der Waals surface area contributed by atoms with Gasteiger partial charge in [-0.1, -0.05) is 0 Å². The van der Waals surface area contributed by atoms with Gasteiger partial charge in [0.25, 0.3) is 0 Å². The normalized spacial score (nSPS) is 11.0. The predicted octanol–water partition coefficient (Wildman–Crippen LogP) is 2.35. The van der Waals surface area contributed by atoms with Gasteiger partial charge in [0.2, 0.25) is 0 Å². The molecule has 1 aromatic rings. The van der Waals surface area contributed by atoms with E-state index in [9.17, 15) is 28.1 Å². The number of rotatable bonds is 4. The van der Waals surface area contributed by atoms with Crippen molar-refractivity contribution >= 4 is 12.0 Å². The molecule has 0 N–H and O–H groups in total. The molecular formula is C9H6F3NO4. The van der Waals surface area contributed by atoms with E-state index in [2.05, 4.69) is 4.74 Å². The maximum absolute atomic E-state index is 11.9. The van der Waals surface area contributed by atoms with Gasteiger partial charge in [-0.05, 0) is 12.1 Å². The molecule has 0 radical (unpaired) electrons. The predicted molar refractivity (Wildman–Crippen MR) is 50.0 cm³/mol. The number of nitro benzene ring substituents is 1. The van der Waals surface area contributed by atoms with Gasteiger partial charge < -0.3 is 4.74 Å². The molecule has 0 heterocycles. The first-order valence-corrected chi connectivity index (χ1v) is 4.26. The van der Waals surface area contributed by atoms with Gasteiger partial charge in [0, 0.05) is 11.6 Å². The highest BCUT2D eigenvalue weighted by Crippen LogP contribution is 2.29. The Bertz CT molecular complexity index is 444. The Labute approximate surface area is 93.0 Å². The van der Waals surface area contributed by atoms with Crippen molar-refractivity contribution in [1.29, 1.82) is 0 Å². The summed E-state index contributed by atoms with van der Waals surface area (Å²) < 4.78 is 40.0. The largest absolute Gasteiger partial charge is 0.477 e. The van der Waals surface area contributed by atoms with E-state index in [0.29, 0.717) is 6.29 Å². The van der Waals surface area contributed by atoms with Crippen LogP contribution in [-0.4, -0.2) is 24.0 Å². The van der Waals surface area contributed by atoms with Crippen LogP contribution < -0.4 is 4.74 Å². The first-order chi connectivity index (χ1) is 7.83. The molecule has 0 bridgehead atoms. The van der Waals surface area contributed by atoms with Crippen molar-refractivity contribution in [1.82, 2.24) is 0 Å². The average Bonchev–Trinajstić information content (AvgIpc) is 2.24. The number of carbonyl (C=O) groups is 1. The van der Waals surface area contributed by atoms with Gasteiger partial charge in [0.15, 0.2) is 12.4 Å². The van der Waals surface area contributed by atoms with Crippen LogP contribution in [0.5, 0.6) is 5.75 Å². The Hall–Kier alpha value is -2.12. The number of benzene rings is 1. The van der Waals surface area contributed by atoms with Crippen molar-refractivity contribution in [2.24, 2.45) is 0 Å². The molecule has 0 aliphatic heterocycles. The molecule has 0 saturated carbocycles. The third kappa shape index (κ3) is 3.74. The van der Waals surface area contributed by atoms with E-state index < -0.39 is 29.1 Å². The van der Waals surface area contributed by atoms with Crippen LogP contribution in [0.15, 0.2) is 18.2 Å². The topological polar surface area (TPSA) is 69.4 Å². The van der Waals surface area contributed by atoms with Crippen LogP contribution in [0, 0.1) is 10.1 Å². The zero-order chi connectivity index (χ0) is 13.1. The molecule has 0 aromatic heterocycles. The summed E-state index contributed by atoms with van der Waals surface area (Å²) >= 11 is 0. The third-order valence-corrected chi connectivity index (χ3v) is 1.71. The molecule has 0 spiro atoms. The van der Waals surface area contributed by atoms with Gasteiger partial charge in [0.05, 0.1) is 4.92 Å². The molecule has 0 fully saturated rings. The number of hydrogen-bond donors (Lipinski definition) is 0. The van der Waals surface area contributed by atoms with E-state index in [1.165, 1.54) is 0 Å². The molecule has 0 unspecified atom stereocenters. The number of aldehydes is 1. The number of alkyl halides is 3. The van der Waals surface area contributed by atoms with Crippen molar-refractivity contribution in [3.63, 3.8) is 0 Å². The van der Waals surface area contributed by atoms with Gasteiger partial charge in [-0.2, -0.15) is 13.2 Å². The second kappa shape index (κ2) is 4.81. The maximum atomic E-state index is 11.9. The lowest BCUT2D eigenvalue weighted by Gasteiger charge is -2.09. The van der Waals surface area contributed by atoms with Crippen LogP contribution in [0.4, 0.5) is 18.9 Å². The molecule has 92 valence electrons. The lowest BCUT2D eigenvalue weighted by Crippen LogP contribution is -2.19. The fourth-order valence-electron chi connectivity index (χ4n) is 1.03. The molecule has 0 saturated heterocycles. The summed E-state index contributed by atoms with van der Waals surface area (Å²) in [6.45, 7) is -1.66. The average molecular weight is 249 g/mol. The lowest BCUT2D eigenvalue weighted by molar-refractivity contribution is -0.386. The van der Waals surface area contributed by atoms with Crippen LogP contribution in [0.3, 0.4) is 0 Å². The molecule has 0 aliphatic carbocycles. The lowest BCUT2D eigenvalue weighted by atomic mass is 10.2. The standard InChI is InChI=1S/C9H6F3NO4/c10-9(11,12)5-17-8-3-6(4-14)1-2-7(8)13(15)16/h1-4H,5H2. The van der Waals surface area contributed by atoms with Crippen molar-refractivity contribution in [2.75, 3.05) is 6.61 Å². The first-order valence-electron chi connectivity index (χ1n) is 4.26. The number of carbonyl (C=O) groups excluding carboxylic acids is 1. The monoisotopic (exact) mass is 249 g/mol. The van der Waals surface area contributed by atoms with Gasteiger partial charge in [-0.25, -0.2) is 0 Å². The fraction of sp³-hybridized carbons (Fsp3) is 0.222. The number of halogens is 3. The Morgan fingerprint density at radius 3 is 2.53 bits per heavy atom. The van der Waals surface area contributed by atoms with E-state index in [4.69, 9.17) is 0 Å². The summed E-state index contributed by atoms with van der Waals surface area (Å²) in [5.41, 5.74) is -0.632. The van der Waals surface area contributed by atoms with Crippen LogP contribution in [-0.2, 0) is 0 Å². The van der Waals surface area contributed by atoms with Gasteiger partial charge in [-0.3, -0.25) is 14.9 Å². The van der Waals surface area contributed by atoms with Crippen molar-refractivity contribution in [3.05, 3.63) is 33.9 Å². The number of nitro groups is 1. The van der Waals surface area contributed by atoms with Gasteiger partial charge in [-0.15, -0.1) is 0 Å². The second-order valence-corrected chi connectivity index (χ2v) is 3.01. The highest BCUT2D eigenvalue weighted by atomic mass is 19.4. The highest BCUT2D eigenvalue weighted by Gasteiger charge is 2.30. The smallest absolute Gasteiger partial charge is 0.422 e. The summed E-state index contributed by atoms with van der Waals surface area (Å²) in [5.74, 6) is -0.586. The molecule has 0 atom stereocenters. The minimum Gasteiger partial charge on any atom is -0.477 e. The van der Waals surface area contributed by atoms with Crippen LogP contribution in [0.25, 0.3) is 0 Å². The number of hydrogen-bond acceptors (Lipinski definition) is 4. The number of nitrogens with zero attached hydrogens (tertiary/aromatic N) is 1. The Morgan fingerprint density at radius 2 is 2.06 bits per heavy atom. The van der Waals surface area contributed by atoms with E-state index in [0.717, 1.165) is 18.2 Å². The molecule has 1 rings (SSSR count). The second-order valence-electron chi connectivity index (χ2n) is 3.01. The zero-order valence-corrected chi connectivity index (χ0v) is 8.23. The zero-order valence-electron chi connectivity index (χ0n) is 8.23. The van der Waals surface area contributed by atoms with Crippen LogP contribution in [0.1, 0.15) is 10.4 Å². The van der Waals surface area contributed by atoms with Crippen LogP contribution >= 0.6 is 0 Å². The molecule has 5 nitrogen and oxygen atoms in total. The summed E-state index contributed by atoms with van der Waals surface area (Å²) in [5, 5.41) is 10.5. The van der Waals surface area contributed by atoms with Crippen LogP contribution in [0.2, 0.25) is 0 Å². The summed E-state index contributed by atoms with van der Waals surface area (Å²) in [4.78, 5) is 20.0. The van der Waals surface area contributed by atoms with E-state index in [-0.39, 0.29) is 5.56 Å². The van der Waals surface area contributed by atoms with E-state index in [1.54, 1.807) is 0 Å². The Kier molecular flexibility index (Phi) is 3.66. The van der Waals surface area contributed by atoms with Gasteiger partial charge in [0.1, 0.15) is 6.29 Å². The minimum atomic E-state index is -4.61. The number of ether oxygens (including phenoxy) is 1. The Balaban J connectivity index is 3.01. The van der Waals surface area contributed by atoms with Crippen molar-refractivity contribution < 1.29 is 27.6 Å². The fourth-order valence-corrected chi connectivity index (χ4v) is 1.03. The van der Waals surface area contributed by atoms with Crippen molar-refractivity contribution in [3.8, 4) is 5.75 Å². The highest BCUT2D eigenvalue weighted by molar-refractivity contribution is 5.76.